The van der Waals surface area contributed by atoms with Gasteiger partial charge in [-0.05, 0) is 44.1 Å². The third-order valence-electron chi connectivity index (χ3n) is 3.91. The van der Waals surface area contributed by atoms with Crippen LogP contribution in [0.15, 0.2) is 28.7 Å². The lowest BCUT2D eigenvalue weighted by Crippen LogP contribution is -2.47. The van der Waals surface area contributed by atoms with Crippen molar-refractivity contribution in [1.29, 1.82) is 0 Å². The van der Waals surface area contributed by atoms with Gasteiger partial charge in [-0.25, -0.2) is 0 Å². The molecule has 0 radical (unpaired) electrons. The van der Waals surface area contributed by atoms with E-state index < -0.39 is 0 Å². The molecule has 4 heteroatoms. The number of nitrogens with zero attached hydrogens (tertiary/aromatic N) is 2. The summed E-state index contributed by atoms with van der Waals surface area (Å²) in [6, 6.07) is 9.32. The molecule has 1 atom stereocenters. The van der Waals surface area contributed by atoms with Crippen LogP contribution in [0.4, 0.5) is 0 Å². The van der Waals surface area contributed by atoms with Gasteiger partial charge < -0.3 is 10.6 Å². The summed E-state index contributed by atoms with van der Waals surface area (Å²) < 4.78 is 1.15. The van der Waals surface area contributed by atoms with Gasteiger partial charge in [0.2, 0.25) is 0 Å². The molecule has 1 saturated heterocycles. The monoisotopic (exact) mass is 325 g/mol. The number of benzene rings is 1. The normalized spacial score (nSPS) is 20.9. The summed E-state index contributed by atoms with van der Waals surface area (Å²) in [6.45, 7) is 5.17. The minimum absolute atomic E-state index is 0.660. The summed E-state index contributed by atoms with van der Waals surface area (Å²) in [7, 11) is 2.20. The molecule has 2 N–H and O–H groups in total. The number of hydrogen-bond donors (Lipinski definition) is 1. The maximum Gasteiger partial charge on any atom is 0.0234 e. The molecule has 1 heterocycles. The molecule has 2 rings (SSSR count). The number of piperidine rings is 1. The minimum Gasteiger partial charge on any atom is -0.329 e. The molecule has 1 aromatic carbocycles. The fraction of sp³-hybridized carbons (Fsp3) is 0.600. The Morgan fingerprint density at radius 1 is 1.37 bits per heavy atom. The van der Waals surface area contributed by atoms with Crippen LogP contribution < -0.4 is 5.73 Å². The first kappa shape index (κ1) is 15.0. The van der Waals surface area contributed by atoms with Gasteiger partial charge in [0.1, 0.15) is 0 Å². The zero-order valence-electron chi connectivity index (χ0n) is 11.7. The molecule has 0 aliphatic carbocycles. The Morgan fingerprint density at radius 2 is 2.11 bits per heavy atom. The highest BCUT2D eigenvalue weighted by atomic mass is 79.9. The van der Waals surface area contributed by atoms with E-state index in [1.807, 2.05) is 0 Å². The van der Waals surface area contributed by atoms with Crippen molar-refractivity contribution in [1.82, 2.24) is 9.80 Å². The largest absolute Gasteiger partial charge is 0.329 e. The van der Waals surface area contributed by atoms with Gasteiger partial charge in [-0.2, -0.15) is 0 Å². The predicted molar refractivity (Wildman–Crippen MR) is 84.1 cm³/mol. The Kier molecular flexibility index (Phi) is 5.82. The Labute approximate surface area is 124 Å². The number of hydrogen-bond acceptors (Lipinski definition) is 3. The van der Waals surface area contributed by atoms with Gasteiger partial charge >= 0.3 is 0 Å². The predicted octanol–water partition coefficient (Wildman–Crippen LogP) is 2.30. The number of halogens is 1. The lowest BCUT2D eigenvalue weighted by molar-refractivity contribution is 0.113. The van der Waals surface area contributed by atoms with Gasteiger partial charge in [0.25, 0.3) is 0 Å². The van der Waals surface area contributed by atoms with Gasteiger partial charge in [-0.3, -0.25) is 4.90 Å². The van der Waals surface area contributed by atoms with Crippen molar-refractivity contribution < 1.29 is 0 Å². The molecule has 1 aliphatic rings. The third kappa shape index (κ3) is 4.56. The fourth-order valence-corrected chi connectivity index (χ4v) is 3.03. The zero-order chi connectivity index (χ0) is 13.7. The Hall–Kier alpha value is -0.420. The second-order valence-corrected chi connectivity index (χ2v) is 6.34. The second kappa shape index (κ2) is 7.39. The van der Waals surface area contributed by atoms with E-state index in [1.54, 1.807) is 0 Å². The van der Waals surface area contributed by atoms with Gasteiger partial charge in [0.05, 0.1) is 0 Å². The maximum absolute atomic E-state index is 5.65. The molecular formula is C15H24BrN3. The molecule has 0 saturated carbocycles. The van der Waals surface area contributed by atoms with Crippen LogP contribution in [0.1, 0.15) is 18.4 Å². The van der Waals surface area contributed by atoms with E-state index in [4.69, 9.17) is 5.73 Å². The van der Waals surface area contributed by atoms with Gasteiger partial charge in [-0.1, -0.05) is 28.1 Å². The lowest BCUT2D eigenvalue weighted by atomic mass is 10.0. The van der Waals surface area contributed by atoms with Crippen molar-refractivity contribution in [3.8, 4) is 0 Å². The van der Waals surface area contributed by atoms with E-state index in [9.17, 15) is 0 Å². The smallest absolute Gasteiger partial charge is 0.0234 e. The molecule has 19 heavy (non-hydrogen) atoms. The van der Waals surface area contributed by atoms with Crippen molar-refractivity contribution in [2.24, 2.45) is 5.73 Å². The summed E-state index contributed by atoms with van der Waals surface area (Å²) >= 11 is 3.48. The average Bonchev–Trinajstić information content (AvgIpc) is 2.42. The Bertz CT molecular complexity index is 379. The fourth-order valence-electron chi connectivity index (χ4n) is 2.77. The topological polar surface area (TPSA) is 32.5 Å². The summed E-state index contributed by atoms with van der Waals surface area (Å²) in [5.74, 6) is 0. The Morgan fingerprint density at radius 3 is 2.79 bits per heavy atom. The Balaban J connectivity index is 1.88. The molecule has 1 fully saturated rings. The first-order valence-corrected chi connectivity index (χ1v) is 7.85. The van der Waals surface area contributed by atoms with Gasteiger partial charge in [-0.15, -0.1) is 0 Å². The number of likely N-dealkylation sites (N-methyl/N-ethyl adjacent to an activating group) is 1. The number of rotatable bonds is 5. The highest BCUT2D eigenvalue weighted by Gasteiger charge is 2.22. The zero-order valence-corrected chi connectivity index (χ0v) is 13.3. The summed E-state index contributed by atoms with van der Waals surface area (Å²) in [5, 5.41) is 0. The summed E-state index contributed by atoms with van der Waals surface area (Å²) in [4.78, 5) is 4.97. The summed E-state index contributed by atoms with van der Waals surface area (Å²) in [5.41, 5.74) is 7.04. The van der Waals surface area contributed by atoms with Crippen LogP contribution in [0.3, 0.4) is 0 Å². The second-order valence-electron chi connectivity index (χ2n) is 5.43. The molecule has 0 spiro atoms. The first-order chi connectivity index (χ1) is 9.19. The van der Waals surface area contributed by atoms with Crippen molar-refractivity contribution in [2.45, 2.75) is 25.4 Å². The van der Waals surface area contributed by atoms with Crippen LogP contribution in [-0.4, -0.2) is 49.1 Å². The van der Waals surface area contributed by atoms with E-state index in [1.165, 1.54) is 24.9 Å². The molecular weight excluding hydrogens is 302 g/mol. The van der Waals surface area contributed by atoms with Crippen molar-refractivity contribution in [2.75, 3.05) is 33.2 Å². The lowest BCUT2D eigenvalue weighted by Gasteiger charge is -2.37. The minimum atomic E-state index is 0.660. The van der Waals surface area contributed by atoms with E-state index in [2.05, 4.69) is 57.0 Å². The van der Waals surface area contributed by atoms with Crippen molar-refractivity contribution in [3.63, 3.8) is 0 Å². The van der Waals surface area contributed by atoms with Crippen LogP contribution in [0, 0.1) is 0 Å². The van der Waals surface area contributed by atoms with Crippen LogP contribution in [-0.2, 0) is 6.54 Å². The van der Waals surface area contributed by atoms with Crippen LogP contribution in [0.2, 0.25) is 0 Å². The van der Waals surface area contributed by atoms with Gasteiger partial charge in [0, 0.05) is 36.7 Å². The highest BCUT2D eigenvalue weighted by molar-refractivity contribution is 9.10. The number of likely N-dealkylation sites (tertiary alicyclic amines) is 1. The third-order valence-corrected chi connectivity index (χ3v) is 4.43. The number of nitrogens with two attached hydrogens (primary N) is 1. The molecule has 0 aromatic heterocycles. The van der Waals surface area contributed by atoms with Crippen molar-refractivity contribution in [3.05, 3.63) is 34.3 Å². The standard InChI is InChI=1S/C15H24BrN3/c1-18(10-8-17)15-3-2-9-19(12-15)11-13-4-6-14(16)7-5-13/h4-7,15H,2-3,8-12,17H2,1H3. The summed E-state index contributed by atoms with van der Waals surface area (Å²) in [6.07, 6.45) is 2.59. The van der Waals surface area contributed by atoms with Crippen molar-refractivity contribution >= 4 is 15.9 Å². The van der Waals surface area contributed by atoms with Crippen LogP contribution in [0.25, 0.3) is 0 Å². The van der Waals surface area contributed by atoms with E-state index >= 15 is 0 Å². The average molecular weight is 326 g/mol. The molecule has 1 aliphatic heterocycles. The quantitative estimate of drug-likeness (QED) is 0.901. The maximum atomic E-state index is 5.65. The molecule has 0 amide bonds. The van der Waals surface area contributed by atoms with Crippen LogP contribution >= 0.6 is 15.9 Å². The van der Waals surface area contributed by atoms with Gasteiger partial charge in [0.15, 0.2) is 0 Å². The molecule has 3 nitrogen and oxygen atoms in total. The molecule has 106 valence electrons. The molecule has 0 bridgehead atoms. The van der Waals surface area contributed by atoms with Crippen LogP contribution in [0.5, 0.6) is 0 Å². The van der Waals surface area contributed by atoms with E-state index in [-0.39, 0.29) is 0 Å². The molecule has 1 unspecified atom stereocenters. The van der Waals surface area contributed by atoms with E-state index in [0.717, 1.165) is 30.7 Å². The molecule has 1 aromatic rings. The van der Waals surface area contributed by atoms with E-state index in [0.29, 0.717) is 6.04 Å². The first-order valence-electron chi connectivity index (χ1n) is 7.06. The SMILES string of the molecule is CN(CCN)C1CCCN(Cc2ccc(Br)cc2)C1. The highest BCUT2D eigenvalue weighted by Crippen LogP contribution is 2.18.